The molecule has 8 heteroatoms. The molecule has 0 aromatic heterocycles. The van der Waals surface area contributed by atoms with Gasteiger partial charge in [-0.15, -0.1) is 13.2 Å². The zero-order valence-corrected chi connectivity index (χ0v) is 14.3. The van der Waals surface area contributed by atoms with Gasteiger partial charge < -0.3 is 19.5 Å². The van der Waals surface area contributed by atoms with Crippen molar-refractivity contribution in [3.63, 3.8) is 0 Å². The second kappa shape index (κ2) is 8.30. The zero-order valence-electron chi connectivity index (χ0n) is 14.3. The summed E-state index contributed by atoms with van der Waals surface area (Å²) in [5.41, 5.74) is 0.662. The number of nitrogens with one attached hydrogen (secondary N) is 1. The molecule has 0 saturated carbocycles. The van der Waals surface area contributed by atoms with Gasteiger partial charge in [0.2, 0.25) is 0 Å². The van der Waals surface area contributed by atoms with Crippen molar-refractivity contribution in [3.05, 3.63) is 54.1 Å². The number of ether oxygens (including phenoxy) is 3. The Labute approximate surface area is 154 Å². The van der Waals surface area contributed by atoms with Crippen LogP contribution in [0.2, 0.25) is 0 Å². The quantitative estimate of drug-likeness (QED) is 0.806. The second-order valence-electron chi connectivity index (χ2n) is 5.97. The molecule has 0 spiro atoms. The minimum Gasteiger partial charge on any atom is -0.490 e. The topological polar surface area (TPSA) is 56.8 Å². The third kappa shape index (κ3) is 5.62. The fraction of sp³-hybridized carbons (Fsp3) is 0.316. The molecule has 2 aromatic rings. The molecule has 144 valence electrons. The molecular formula is C19H18F3NO4. The number of anilines is 1. The van der Waals surface area contributed by atoms with E-state index in [0.717, 1.165) is 25.0 Å². The van der Waals surface area contributed by atoms with Crippen LogP contribution in [0.4, 0.5) is 18.9 Å². The molecule has 1 saturated heterocycles. The smallest absolute Gasteiger partial charge is 0.490 e. The standard InChI is InChI=1S/C19H18F3NO4/c20-19(21,22)27-14-9-7-13(8-10-14)23-18(24)16-5-1-2-6-17(16)26-12-15-4-3-11-25-15/h1-2,5-10,15H,3-4,11-12H2,(H,23,24). The highest BCUT2D eigenvalue weighted by Crippen LogP contribution is 2.25. The highest BCUT2D eigenvalue weighted by molar-refractivity contribution is 6.06. The maximum Gasteiger partial charge on any atom is 0.573 e. The van der Waals surface area contributed by atoms with Crippen molar-refractivity contribution in [2.75, 3.05) is 18.5 Å². The summed E-state index contributed by atoms with van der Waals surface area (Å²) in [5, 5.41) is 2.63. The Morgan fingerprint density at radius 2 is 1.89 bits per heavy atom. The molecule has 1 aliphatic rings. The van der Waals surface area contributed by atoms with Crippen LogP contribution in [0.25, 0.3) is 0 Å². The van der Waals surface area contributed by atoms with Gasteiger partial charge >= 0.3 is 6.36 Å². The first-order chi connectivity index (χ1) is 12.9. The lowest BCUT2D eigenvalue weighted by molar-refractivity contribution is -0.274. The summed E-state index contributed by atoms with van der Waals surface area (Å²) in [6, 6.07) is 11.7. The Bertz CT molecular complexity index is 771. The maximum atomic E-state index is 12.5. The van der Waals surface area contributed by atoms with E-state index >= 15 is 0 Å². The first-order valence-corrected chi connectivity index (χ1v) is 8.41. The second-order valence-corrected chi connectivity index (χ2v) is 5.97. The van der Waals surface area contributed by atoms with Crippen LogP contribution in [-0.2, 0) is 4.74 Å². The molecule has 27 heavy (non-hydrogen) atoms. The van der Waals surface area contributed by atoms with E-state index in [1.54, 1.807) is 24.3 Å². The van der Waals surface area contributed by atoms with Gasteiger partial charge in [-0.2, -0.15) is 0 Å². The first-order valence-electron chi connectivity index (χ1n) is 8.41. The summed E-state index contributed by atoms with van der Waals surface area (Å²) in [6.07, 6.45) is -2.84. The van der Waals surface area contributed by atoms with Crippen LogP contribution in [0.3, 0.4) is 0 Å². The van der Waals surface area contributed by atoms with E-state index in [0.29, 0.717) is 30.2 Å². The summed E-state index contributed by atoms with van der Waals surface area (Å²) in [7, 11) is 0. The van der Waals surface area contributed by atoms with Crippen molar-refractivity contribution in [1.29, 1.82) is 0 Å². The highest BCUT2D eigenvalue weighted by Gasteiger charge is 2.31. The minimum absolute atomic E-state index is 0.0160. The number of amides is 1. The molecule has 1 amide bonds. The Kier molecular flexibility index (Phi) is 5.85. The number of hydrogen-bond donors (Lipinski definition) is 1. The molecule has 1 unspecified atom stereocenters. The van der Waals surface area contributed by atoms with E-state index in [1.807, 2.05) is 0 Å². The van der Waals surface area contributed by atoms with Crippen LogP contribution in [0.15, 0.2) is 48.5 Å². The molecule has 1 atom stereocenters. The van der Waals surface area contributed by atoms with Crippen LogP contribution in [-0.4, -0.2) is 31.6 Å². The van der Waals surface area contributed by atoms with Gasteiger partial charge in [0.15, 0.2) is 0 Å². The lowest BCUT2D eigenvalue weighted by Crippen LogP contribution is -2.19. The van der Waals surface area contributed by atoms with E-state index in [4.69, 9.17) is 9.47 Å². The lowest BCUT2D eigenvalue weighted by atomic mass is 10.1. The molecular weight excluding hydrogens is 363 g/mol. The van der Waals surface area contributed by atoms with E-state index in [-0.39, 0.29) is 11.9 Å². The number of rotatable bonds is 6. The Balaban J connectivity index is 1.63. The van der Waals surface area contributed by atoms with Gasteiger partial charge in [-0.1, -0.05) is 12.1 Å². The first kappa shape index (κ1) is 19.0. The zero-order chi connectivity index (χ0) is 19.3. The van der Waals surface area contributed by atoms with Gasteiger partial charge in [0.25, 0.3) is 5.91 Å². The summed E-state index contributed by atoms with van der Waals surface area (Å²) < 4.78 is 51.6. The number of hydrogen-bond acceptors (Lipinski definition) is 4. The number of para-hydroxylation sites is 1. The number of alkyl halides is 3. The number of benzene rings is 2. The van der Waals surface area contributed by atoms with E-state index < -0.39 is 12.3 Å². The molecule has 0 radical (unpaired) electrons. The fourth-order valence-electron chi connectivity index (χ4n) is 2.68. The van der Waals surface area contributed by atoms with Crippen molar-refractivity contribution in [1.82, 2.24) is 0 Å². The fourth-order valence-corrected chi connectivity index (χ4v) is 2.68. The van der Waals surface area contributed by atoms with Gasteiger partial charge in [-0.25, -0.2) is 0 Å². The summed E-state index contributed by atoms with van der Waals surface area (Å²) in [6.45, 7) is 1.07. The van der Waals surface area contributed by atoms with Crippen molar-refractivity contribution in [2.24, 2.45) is 0 Å². The number of halogens is 3. The lowest BCUT2D eigenvalue weighted by Gasteiger charge is -2.15. The van der Waals surface area contributed by atoms with Crippen LogP contribution in [0, 0.1) is 0 Å². The monoisotopic (exact) mass is 381 g/mol. The van der Waals surface area contributed by atoms with Crippen molar-refractivity contribution >= 4 is 11.6 Å². The van der Waals surface area contributed by atoms with E-state index in [9.17, 15) is 18.0 Å². The molecule has 3 rings (SSSR count). The number of carbonyl (C=O) groups excluding carboxylic acids is 1. The number of carbonyl (C=O) groups is 1. The van der Waals surface area contributed by atoms with Gasteiger partial charge in [0, 0.05) is 12.3 Å². The van der Waals surface area contributed by atoms with Gasteiger partial charge in [-0.3, -0.25) is 4.79 Å². The van der Waals surface area contributed by atoms with Crippen molar-refractivity contribution in [2.45, 2.75) is 25.3 Å². The summed E-state index contributed by atoms with van der Waals surface area (Å²) in [4.78, 5) is 12.5. The predicted octanol–water partition coefficient (Wildman–Crippen LogP) is 4.40. The summed E-state index contributed by atoms with van der Waals surface area (Å²) >= 11 is 0. The van der Waals surface area contributed by atoms with Crippen LogP contribution < -0.4 is 14.8 Å². The van der Waals surface area contributed by atoms with Gasteiger partial charge in [0.05, 0.1) is 11.7 Å². The SMILES string of the molecule is O=C(Nc1ccc(OC(F)(F)F)cc1)c1ccccc1OCC1CCCO1. The highest BCUT2D eigenvalue weighted by atomic mass is 19.4. The third-order valence-electron chi connectivity index (χ3n) is 3.93. The molecule has 0 bridgehead atoms. The molecule has 0 aliphatic carbocycles. The van der Waals surface area contributed by atoms with Crippen molar-refractivity contribution < 1.29 is 32.2 Å². The molecule has 2 aromatic carbocycles. The molecule has 5 nitrogen and oxygen atoms in total. The minimum atomic E-state index is -4.76. The van der Waals surface area contributed by atoms with Gasteiger partial charge in [-0.05, 0) is 49.2 Å². The molecule has 1 N–H and O–H groups in total. The van der Waals surface area contributed by atoms with Crippen molar-refractivity contribution in [3.8, 4) is 11.5 Å². The van der Waals surface area contributed by atoms with E-state index in [1.165, 1.54) is 12.1 Å². The Morgan fingerprint density at radius 3 is 2.56 bits per heavy atom. The normalized spacial score (nSPS) is 16.8. The van der Waals surface area contributed by atoms with Crippen LogP contribution in [0.5, 0.6) is 11.5 Å². The largest absolute Gasteiger partial charge is 0.573 e. The van der Waals surface area contributed by atoms with E-state index in [2.05, 4.69) is 10.1 Å². The molecule has 1 aliphatic heterocycles. The van der Waals surface area contributed by atoms with Crippen LogP contribution >= 0.6 is 0 Å². The molecule has 1 fully saturated rings. The predicted molar refractivity (Wildman–Crippen MR) is 92.0 cm³/mol. The van der Waals surface area contributed by atoms with Crippen LogP contribution in [0.1, 0.15) is 23.2 Å². The van der Waals surface area contributed by atoms with Gasteiger partial charge in [0.1, 0.15) is 18.1 Å². The third-order valence-corrected chi connectivity index (χ3v) is 3.93. The Hall–Kier alpha value is -2.74. The average Bonchev–Trinajstić information content (AvgIpc) is 3.14. The maximum absolute atomic E-state index is 12.5. The molecule has 1 heterocycles. The summed E-state index contributed by atoms with van der Waals surface area (Å²) in [5.74, 6) is -0.370. The average molecular weight is 381 g/mol. The Morgan fingerprint density at radius 1 is 1.15 bits per heavy atom.